The molecule has 0 amide bonds. The quantitative estimate of drug-likeness (QED) is 0.739. The van der Waals surface area contributed by atoms with Crippen LogP contribution in [-0.4, -0.2) is 47.6 Å². The van der Waals surface area contributed by atoms with Gasteiger partial charge in [0, 0.05) is 22.6 Å². The lowest BCUT2D eigenvalue weighted by Crippen LogP contribution is -2.54. The molecular formula is C20H26O6. The van der Waals surface area contributed by atoms with Crippen molar-refractivity contribution in [3.05, 3.63) is 23.3 Å². The zero-order chi connectivity index (χ0) is 18.7. The molecule has 1 saturated carbocycles. The Hall–Kier alpha value is -1.66. The number of hydrogen-bond acceptors (Lipinski definition) is 6. The number of cyclic esters (lactones) is 2. The van der Waals surface area contributed by atoms with Gasteiger partial charge in [-0.05, 0) is 49.0 Å². The van der Waals surface area contributed by atoms with Crippen LogP contribution in [0.3, 0.4) is 0 Å². The van der Waals surface area contributed by atoms with Crippen LogP contribution in [-0.2, 0) is 19.1 Å². The number of carbonyl (C=O) groups is 2. The van der Waals surface area contributed by atoms with Crippen LogP contribution in [0, 0.1) is 22.7 Å². The van der Waals surface area contributed by atoms with Gasteiger partial charge in [-0.15, -0.1) is 0 Å². The smallest absolute Gasteiger partial charge is 0.334 e. The average Bonchev–Trinajstić information content (AvgIpc) is 3.16. The van der Waals surface area contributed by atoms with Gasteiger partial charge in [0.2, 0.25) is 0 Å². The van der Waals surface area contributed by atoms with Gasteiger partial charge >= 0.3 is 11.9 Å². The summed E-state index contributed by atoms with van der Waals surface area (Å²) in [4.78, 5) is 23.6. The largest absolute Gasteiger partial charge is 0.461 e. The van der Waals surface area contributed by atoms with E-state index in [1.54, 1.807) is 6.08 Å². The predicted molar refractivity (Wildman–Crippen MR) is 91.8 cm³/mol. The standard InChI is InChI=1S/C20H26O6/c1-11-3-4-20-10-26-18(24)14(20)6-13(21)7-16(20)19(11,2)8-15(22)12-5-17(23)25-9-12/h5-6,11,13,15-16,21-22H,3-4,7-10H2,1-2H3/t11-,13-,15-,16-,19+,20-/m1/s1. The molecule has 2 N–H and O–H groups in total. The van der Waals surface area contributed by atoms with Crippen molar-refractivity contribution in [2.75, 3.05) is 13.2 Å². The van der Waals surface area contributed by atoms with Crippen molar-refractivity contribution in [1.29, 1.82) is 0 Å². The molecule has 0 aromatic carbocycles. The van der Waals surface area contributed by atoms with E-state index in [9.17, 15) is 19.8 Å². The second kappa shape index (κ2) is 5.92. The first-order valence-electron chi connectivity index (χ1n) is 9.39. The van der Waals surface area contributed by atoms with E-state index in [0.29, 0.717) is 36.5 Å². The Balaban J connectivity index is 1.68. The molecule has 2 aliphatic carbocycles. The van der Waals surface area contributed by atoms with E-state index in [1.807, 2.05) is 0 Å². The first-order valence-corrected chi connectivity index (χ1v) is 9.39. The average molecular weight is 362 g/mol. The van der Waals surface area contributed by atoms with E-state index in [4.69, 9.17) is 9.47 Å². The molecule has 6 atom stereocenters. The van der Waals surface area contributed by atoms with Crippen molar-refractivity contribution in [2.24, 2.45) is 22.7 Å². The van der Waals surface area contributed by atoms with Gasteiger partial charge in [-0.1, -0.05) is 13.8 Å². The van der Waals surface area contributed by atoms with Crippen LogP contribution in [0.25, 0.3) is 0 Å². The van der Waals surface area contributed by atoms with Gasteiger partial charge in [0.1, 0.15) is 13.2 Å². The van der Waals surface area contributed by atoms with Gasteiger partial charge in [-0.25, -0.2) is 9.59 Å². The molecule has 1 spiro atoms. The Kier molecular flexibility index (Phi) is 4.04. The minimum Gasteiger partial charge on any atom is -0.461 e. The Morgan fingerprint density at radius 3 is 2.81 bits per heavy atom. The molecule has 2 fully saturated rings. The van der Waals surface area contributed by atoms with Gasteiger partial charge < -0.3 is 19.7 Å². The topological polar surface area (TPSA) is 93.1 Å². The third kappa shape index (κ3) is 2.46. The minimum absolute atomic E-state index is 0.0356. The molecule has 142 valence electrons. The predicted octanol–water partition coefficient (Wildman–Crippen LogP) is 1.51. The molecule has 4 aliphatic rings. The lowest BCUT2D eigenvalue weighted by Gasteiger charge is -2.57. The highest BCUT2D eigenvalue weighted by Crippen LogP contribution is 2.64. The van der Waals surface area contributed by atoms with Gasteiger partial charge in [0.25, 0.3) is 0 Å². The summed E-state index contributed by atoms with van der Waals surface area (Å²) in [6, 6.07) is 0. The Labute approximate surface area is 152 Å². The van der Waals surface area contributed by atoms with E-state index in [0.717, 1.165) is 12.8 Å². The molecule has 0 aromatic rings. The van der Waals surface area contributed by atoms with Gasteiger partial charge in [0.05, 0.1) is 12.2 Å². The first kappa shape index (κ1) is 17.7. The lowest BCUT2D eigenvalue weighted by atomic mass is 9.46. The molecular weight excluding hydrogens is 336 g/mol. The molecule has 2 heterocycles. The zero-order valence-corrected chi connectivity index (χ0v) is 15.2. The van der Waals surface area contributed by atoms with Crippen LogP contribution in [0.15, 0.2) is 23.3 Å². The lowest BCUT2D eigenvalue weighted by molar-refractivity contribution is -0.136. The van der Waals surface area contributed by atoms with Gasteiger partial charge in [0.15, 0.2) is 0 Å². The van der Waals surface area contributed by atoms with Crippen molar-refractivity contribution in [3.8, 4) is 0 Å². The summed E-state index contributed by atoms with van der Waals surface area (Å²) >= 11 is 0. The molecule has 6 heteroatoms. The molecule has 4 rings (SSSR count). The van der Waals surface area contributed by atoms with E-state index in [-0.39, 0.29) is 29.3 Å². The molecule has 1 saturated heterocycles. The summed E-state index contributed by atoms with van der Waals surface area (Å²) in [5, 5.41) is 21.2. The van der Waals surface area contributed by atoms with Crippen molar-refractivity contribution < 1.29 is 29.3 Å². The monoisotopic (exact) mass is 362 g/mol. The fourth-order valence-electron chi connectivity index (χ4n) is 5.70. The van der Waals surface area contributed by atoms with Crippen molar-refractivity contribution in [3.63, 3.8) is 0 Å². The zero-order valence-electron chi connectivity index (χ0n) is 15.2. The van der Waals surface area contributed by atoms with E-state index in [2.05, 4.69) is 13.8 Å². The van der Waals surface area contributed by atoms with Crippen molar-refractivity contribution in [1.82, 2.24) is 0 Å². The fraction of sp³-hybridized carbons (Fsp3) is 0.700. The Bertz CT molecular complexity index is 709. The summed E-state index contributed by atoms with van der Waals surface area (Å²) < 4.78 is 10.3. The number of aliphatic hydroxyl groups excluding tert-OH is 2. The third-order valence-corrected chi connectivity index (χ3v) is 7.41. The number of esters is 2. The van der Waals surface area contributed by atoms with Crippen LogP contribution in [0.4, 0.5) is 0 Å². The van der Waals surface area contributed by atoms with Gasteiger partial charge in [-0.3, -0.25) is 0 Å². The second-order valence-electron chi connectivity index (χ2n) is 8.66. The summed E-state index contributed by atoms with van der Waals surface area (Å²) in [5.74, 6) is -0.378. The summed E-state index contributed by atoms with van der Waals surface area (Å²) in [7, 11) is 0. The van der Waals surface area contributed by atoms with Crippen LogP contribution in [0.5, 0.6) is 0 Å². The maximum absolute atomic E-state index is 12.2. The highest BCUT2D eigenvalue weighted by molar-refractivity contribution is 5.93. The van der Waals surface area contributed by atoms with Crippen LogP contribution < -0.4 is 0 Å². The minimum atomic E-state index is -0.770. The summed E-state index contributed by atoms with van der Waals surface area (Å²) in [6.07, 6.45) is 4.42. The van der Waals surface area contributed by atoms with Crippen LogP contribution >= 0.6 is 0 Å². The summed E-state index contributed by atoms with van der Waals surface area (Å²) in [5.41, 5.74) is 0.563. The highest BCUT2D eigenvalue weighted by Gasteiger charge is 2.62. The fourth-order valence-corrected chi connectivity index (χ4v) is 5.70. The normalized spacial score (nSPS) is 43.0. The Morgan fingerprint density at radius 2 is 2.12 bits per heavy atom. The van der Waals surface area contributed by atoms with Crippen LogP contribution in [0.1, 0.15) is 39.5 Å². The number of carbonyl (C=O) groups excluding carboxylic acids is 2. The van der Waals surface area contributed by atoms with Gasteiger partial charge in [-0.2, -0.15) is 0 Å². The number of aliphatic hydroxyl groups is 2. The summed E-state index contributed by atoms with van der Waals surface area (Å²) in [6.45, 7) is 4.81. The van der Waals surface area contributed by atoms with E-state index in [1.165, 1.54) is 6.08 Å². The maximum atomic E-state index is 12.2. The SMILES string of the molecule is C[C@@H]1CC[C@@]23COC(=O)C2=C[C@@H](O)C[C@@H]3[C@@]1(C)C[C@@H](O)C1=CC(=O)OC1. The van der Waals surface area contributed by atoms with Crippen molar-refractivity contribution in [2.45, 2.75) is 51.7 Å². The number of rotatable bonds is 3. The molecule has 0 aromatic heterocycles. The molecule has 2 aliphatic heterocycles. The number of hydrogen-bond donors (Lipinski definition) is 2. The second-order valence-corrected chi connectivity index (χ2v) is 8.66. The molecule has 0 unspecified atom stereocenters. The first-order chi connectivity index (χ1) is 12.3. The molecule has 26 heavy (non-hydrogen) atoms. The van der Waals surface area contributed by atoms with E-state index >= 15 is 0 Å². The van der Waals surface area contributed by atoms with E-state index < -0.39 is 18.2 Å². The van der Waals surface area contributed by atoms with Crippen LogP contribution in [0.2, 0.25) is 0 Å². The molecule has 0 radical (unpaired) electrons. The highest BCUT2D eigenvalue weighted by atomic mass is 16.5. The maximum Gasteiger partial charge on any atom is 0.334 e. The third-order valence-electron chi connectivity index (χ3n) is 7.41. The molecule has 0 bridgehead atoms. The van der Waals surface area contributed by atoms with Crippen molar-refractivity contribution >= 4 is 11.9 Å². The number of ether oxygens (including phenoxy) is 2. The molecule has 6 nitrogen and oxygen atoms in total. The Morgan fingerprint density at radius 1 is 1.35 bits per heavy atom.